The number of rotatable bonds is 4. The van der Waals surface area contributed by atoms with E-state index in [1.807, 2.05) is 0 Å². The van der Waals surface area contributed by atoms with E-state index < -0.39 is 0 Å². The summed E-state index contributed by atoms with van der Waals surface area (Å²) >= 11 is 5.10. The van der Waals surface area contributed by atoms with E-state index in [1.165, 1.54) is 17.0 Å². The van der Waals surface area contributed by atoms with Crippen LogP contribution in [0.4, 0.5) is 10.1 Å². The summed E-state index contributed by atoms with van der Waals surface area (Å²) in [6.07, 6.45) is 0. The second-order valence-corrected chi connectivity index (χ2v) is 4.25. The molecule has 5 heteroatoms. The molecule has 88 valence electrons. The first-order valence-electron chi connectivity index (χ1n) is 5.17. The quantitative estimate of drug-likeness (QED) is 0.661. The Bertz CT molecular complexity index is 338. The minimum atomic E-state index is -0.249. The van der Waals surface area contributed by atoms with E-state index in [2.05, 4.69) is 24.7 Å². The summed E-state index contributed by atoms with van der Waals surface area (Å²) in [7, 11) is 4.16. The lowest BCUT2D eigenvalue weighted by atomic mass is 10.3. The van der Waals surface area contributed by atoms with E-state index in [0.717, 1.165) is 18.8 Å². The highest BCUT2D eigenvalue weighted by Gasteiger charge is 1.98. The predicted molar refractivity (Wildman–Crippen MR) is 68.3 cm³/mol. The van der Waals surface area contributed by atoms with Crippen molar-refractivity contribution in [3.63, 3.8) is 0 Å². The van der Waals surface area contributed by atoms with Gasteiger partial charge in [-0.2, -0.15) is 0 Å². The van der Waals surface area contributed by atoms with Crippen molar-refractivity contribution >= 4 is 23.0 Å². The molecule has 0 aliphatic rings. The maximum Gasteiger partial charge on any atom is 0.170 e. The smallest absolute Gasteiger partial charge is 0.170 e. The summed E-state index contributed by atoms with van der Waals surface area (Å²) in [5, 5.41) is 6.63. The van der Waals surface area contributed by atoms with Gasteiger partial charge in [-0.3, -0.25) is 0 Å². The molecule has 0 aromatic heterocycles. The molecule has 3 nitrogen and oxygen atoms in total. The number of halogens is 1. The van der Waals surface area contributed by atoms with Crippen molar-refractivity contribution in [1.29, 1.82) is 0 Å². The van der Waals surface area contributed by atoms with Gasteiger partial charge in [0.05, 0.1) is 27.2 Å². The molecule has 1 aromatic carbocycles. The molecule has 0 spiro atoms. The van der Waals surface area contributed by atoms with Gasteiger partial charge >= 0.3 is 0 Å². The van der Waals surface area contributed by atoms with E-state index in [9.17, 15) is 4.39 Å². The number of nitrogens with one attached hydrogen (secondary N) is 3. The van der Waals surface area contributed by atoms with Gasteiger partial charge in [0, 0.05) is 5.69 Å². The lowest BCUT2D eigenvalue weighted by Crippen LogP contribution is -3.06. The number of anilines is 1. The Hall–Kier alpha value is -1.20. The number of hydrogen-bond acceptors (Lipinski definition) is 1. The minimum Gasteiger partial charge on any atom is -0.357 e. The number of likely N-dealkylation sites (N-methyl/N-ethyl adjacent to an activating group) is 1. The first kappa shape index (κ1) is 12.9. The van der Waals surface area contributed by atoms with Crippen molar-refractivity contribution in [2.24, 2.45) is 0 Å². The number of quaternary nitrogens is 1. The molecule has 16 heavy (non-hydrogen) atoms. The first-order chi connectivity index (χ1) is 7.58. The fourth-order valence-electron chi connectivity index (χ4n) is 1.13. The molecular weight excluding hydrogens is 225 g/mol. The molecular formula is C11H17FN3S+. The lowest BCUT2D eigenvalue weighted by molar-refractivity contribution is -0.856. The molecule has 0 amide bonds. The fraction of sp³-hybridized carbons (Fsp3) is 0.364. The monoisotopic (exact) mass is 242 g/mol. The maximum atomic E-state index is 12.6. The normalized spacial score (nSPS) is 10.2. The molecule has 0 fully saturated rings. The van der Waals surface area contributed by atoms with Gasteiger partial charge in [0.15, 0.2) is 5.11 Å². The predicted octanol–water partition coefficient (Wildman–Crippen LogP) is 0.257. The third kappa shape index (κ3) is 5.04. The van der Waals surface area contributed by atoms with Crippen LogP contribution >= 0.6 is 12.2 Å². The summed E-state index contributed by atoms with van der Waals surface area (Å²) in [6.45, 7) is 1.81. The number of hydrogen-bond donors (Lipinski definition) is 3. The van der Waals surface area contributed by atoms with Crippen molar-refractivity contribution in [3.05, 3.63) is 30.1 Å². The Morgan fingerprint density at radius 2 is 1.94 bits per heavy atom. The Balaban J connectivity index is 2.31. The van der Waals surface area contributed by atoms with Crippen molar-refractivity contribution in [1.82, 2.24) is 5.32 Å². The topological polar surface area (TPSA) is 28.5 Å². The van der Waals surface area contributed by atoms with Gasteiger partial charge in [0.1, 0.15) is 5.82 Å². The minimum absolute atomic E-state index is 0.249. The van der Waals surface area contributed by atoms with Crippen LogP contribution in [-0.4, -0.2) is 32.3 Å². The summed E-state index contributed by atoms with van der Waals surface area (Å²) in [4.78, 5) is 1.36. The lowest BCUT2D eigenvalue weighted by Gasteiger charge is -2.11. The van der Waals surface area contributed by atoms with Crippen molar-refractivity contribution in [2.45, 2.75) is 0 Å². The van der Waals surface area contributed by atoms with E-state index in [4.69, 9.17) is 12.2 Å². The van der Waals surface area contributed by atoms with Crippen LogP contribution in [0, 0.1) is 5.82 Å². The van der Waals surface area contributed by atoms with E-state index in [0.29, 0.717) is 5.11 Å². The van der Waals surface area contributed by atoms with E-state index >= 15 is 0 Å². The largest absolute Gasteiger partial charge is 0.357 e. The van der Waals surface area contributed by atoms with Gasteiger partial charge in [0.25, 0.3) is 0 Å². The van der Waals surface area contributed by atoms with Gasteiger partial charge < -0.3 is 15.5 Å². The molecule has 0 bridgehead atoms. The zero-order valence-corrected chi connectivity index (χ0v) is 10.3. The second-order valence-electron chi connectivity index (χ2n) is 3.84. The van der Waals surface area contributed by atoms with Crippen molar-refractivity contribution in [3.8, 4) is 0 Å². The molecule has 1 rings (SSSR count). The van der Waals surface area contributed by atoms with Crippen LogP contribution in [0.1, 0.15) is 0 Å². The molecule has 0 saturated carbocycles. The van der Waals surface area contributed by atoms with Crippen LogP contribution in [-0.2, 0) is 0 Å². The van der Waals surface area contributed by atoms with Gasteiger partial charge in [-0.25, -0.2) is 4.39 Å². The van der Waals surface area contributed by atoms with Gasteiger partial charge in [-0.1, -0.05) is 0 Å². The van der Waals surface area contributed by atoms with Crippen molar-refractivity contribution < 1.29 is 9.29 Å². The Morgan fingerprint density at radius 1 is 1.31 bits per heavy atom. The highest BCUT2D eigenvalue weighted by molar-refractivity contribution is 7.80. The average molecular weight is 242 g/mol. The second kappa shape index (κ2) is 6.40. The third-order valence-electron chi connectivity index (χ3n) is 2.01. The van der Waals surface area contributed by atoms with E-state index in [1.54, 1.807) is 12.1 Å². The van der Waals surface area contributed by atoms with Crippen LogP contribution in [0.3, 0.4) is 0 Å². The zero-order valence-electron chi connectivity index (χ0n) is 9.51. The maximum absolute atomic E-state index is 12.6. The highest BCUT2D eigenvalue weighted by atomic mass is 32.1. The summed E-state index contributed by atoms with van der Waals surface area (Å²) < 4.78 is 12.6. The van der Waals surface area contributed by atoms with Crippen molar-refractivity contribution in [2.75, 3.05) is 32.5 Å². The van der Waals surface area contributed by atoms with Gasteiger partial charge in [-0.15, -0.1) is 0 Å². The van der Waals surface area contributed by atoms with Crippen LogP contribution in [0.2, 0.25) is 0 Å². The van der Waals surface area contributed by atoms with Gasteiger partial charge in [0.2, 0.25) is 0 Å². The molecule has 0 atom stereocenters. The Kier molecular flexibility index (Phi) is 5.14. The fourth-order valence-corrected chi connectivity index (χ4v) is 1.35. The van der Waals surface area contributed by atoms with Crippen LogP contribution in [0.5, 0.6) is 0 Å². The van der Waals surface area contributed by atoms with Crippen LogP contribution < -0.4 is 15.5 Å². The SMILES string of the molecule is C[NH+](C)CCNC(=S)Nc1ccc(F)cc1. The molecule has 0 saturated heterocycles. The zero-order chi connectivity index (χ0) is 12.0. The molecule has 0 aliphatic heterocycles. The standard InChI is InChI=1S/C11H16FN3S/c1-15(2)8-7-13-11(16)14-10-5-3-9(12)4-6-10/h3-6H,7-8H2,1-2H3,(H2,13,14,16)/p+1. The Morgan fingerprint density at radius 3 is 2.50 bits per heavy atom. The highest BCUT2D eigenvalue weighted by Crippen LogP contribution is 2.07. The van der Waals surface area contributed by atoms with Gasteiger partial charge in [-0.05, 0) is 36.5 Å². The van der Waals surface area contributed by atoms with Crippen LogP contribution in [0.25, 0.3) is 0 Å². The average Bonchev–Trinajstić information content (AvgIpc) is 2.21. The third-order valence-corrected chi connectivity index (χ3v) is 2.26. The van der Waals surface area contributed by atoms with E-state index in [-0.39, 0.29) is 5.82 Å². The molecule has 0 aliphatic carbocycles. The summed E-state index contributed by atoms with van der Waals surface area (Å²) in [5.41, 5.74) is 0.788. The summed E-state index contributed by atoms with van der Waals surface area (Å²) in [5.74, 6) is -0.249. The summed E-state index contributed by atoms with van der Waals surface area (Å²) in [6, 6.07) is 6.10. The first-order valence-corrected chi connectivity index (χ1v) is 5.58. The van der Waals surface area contributed by atoms with Crippen LogP contribution in [0.15, 0.2) is 24.3 Å². The molecule has 1 aromatic rings. The Labute approximate surface area is 101 Å². The molecule has 0 unspecified atom stereocenters. The molecule has 3 N–H and O–H groups in total. The molecule has 0 heterocycles. The number of benzene rings is 1. The molecule has 0 radical (unpaired) electrons. The number of thiocarbonyl (C=S) groups is 1.